The molecular formula is C11H8F2N2S. The number of rotatable bonds is 2. The number of thioether (sulfide) groups is 1. The molecule has 0 aliphatic rings. The fourth-order valence-corrected chi connectivity index (χ4v) is 1.60. The Hall–Kier alpha value is -1.49. The second-order valence-electron chi connectivity index (χ2n) is 3.06. The van der Waals surface area contributed by atoms with Crippen LogP contribution in [0.25, 0.3) is 11.3 Å². The lowest BCUT2D eigenvalue weighted by Crippen LogP contribution is -1.93. The summed E-state index contributed by atoms with van der Waals surface area (Å²) >= 11 is 1.44. The minimum Gasteiger partial charge on any atom is -0.204 e. The second-order valence-corrected chi connectivity index (χ2v) is 3.89. The summed E-state index contributed by atoms with van der Waals surface area (Å²) in [5.41, 5.74) is 0.454. The van der Waals surface area contributed by atoms with E-state index in [2.05, 4.69) is 10.2 Å². The van der Waals surface area contributed by atoms with Crippen LogP contribution in [0.15, 0.2) is 35.4 Å². The predicted molar refractivity (Wildman–Crippen MR) is 59.2 cm³/mol. The van der Waals surface area contributed by atoms with Crippen LogP contribution in [-0.2, 0) is 0 Å². The Morgan fingerprint density at radius 3 is 2.50 bits per heavy atom. The molecule has 0 bridgehead atoms. The van der Waals surface area contributed by atoms with Crippen molar-refractivity contribution in [2.45, 2.75) is 5.03 Å². The Bertz CT molecular complexity index is 500. The summed E-state index contributed by atoms with van der Waals surface area (Å²) in [5.74, 6) is -1.78. The van der Waals surface area contributed by atoms with Gasteiger partial charge in [-0.3, -0.25) is 0 Å². The average Bonchev–Trinajstić information content (AvgIpc) is 2.33. The van der Waals surface area contributed by atoms with Gasteiger partial charge in [-0.25, -0.2) is 8.78 Å². The molecule has 2 nitrogen and oxygen atoms in total. The van der Waals surface area contributed by atoms with Gasteiger partial charge in [0.05, 0.1) is 5.69 Å². The maximum absolute atomic E-state index is 13.4. The Kier molecular flexibility index (Phi) is 3.14. The highest BCUT2D eigenvalue weighted by Gasteiger charge is 2.10. The molecule has 82 valence electrons. The Labute approximate surface area is 95.7 Å². The van der Waals surface area contributed by atoms with Crippen molar-refractivity contribution in [3.05, 3.63) is 42.0 Å². The largest absolute Gasteiger partial charge is 0.204 e. The standard InChI is InChI=1S/C11H8F2N2S/c1-16-10-6-5-9(14-15-10)7-3-2-4-8(12)11(7)13/h2-6H,1H3. The van der Waals surface area contributed by atoms with Crippen molar-refractivity contribution in [3.63, 3.8) is 0 Å². The third-order valence-corrected chi connectivity index (χ3v) is 2.71. The van der Waals surface area contributed by atoms with E-state index >= 15 is 0 Å². The van der Waals surface area contributed by atoms with E-state index in [9.17, 15) is 8.78 Å². The van der Waals surface area contributed by atoms with Crippen molar-refractivity contribution in [3.8, 4) is 11.3 Å². The lowest BCUT2D eigenvalue weighted by molar-refractivity contribution is 0.510. The molecule has 1 heterocycles. The first kappa shape index (κ1) is 11.0. The third kappa shape index (κ3) is 2.04. The Balaban J connectivity index is 2.46. The number of nitrogens with zero attached hydrogens (tertiary/aromatic N) is 2. The van der Waals surface area contributed by atoms with Crippen molar-refractivity contribution < 1.29 is 8.78 Å². The van der Waals surface area contributed by atoms with Crippen molar-refractivity contribution in [1.29, 1.82) is 0 Å². The highest BCUT2D eigenvalue weighted by molar-refractivity contribution is 7.98. The zero-order valence-electron chi connectivity index (χ0n) is 8.45. The monoisotopic (exact) mass is 238 g/mol. The average molecular weight is 238 g/mol. The van der Waals surface area contributed by atoms with E-state index in [1.54, 1.807) is 12.1 Å². The fourth-order valence-electron chi connectivity index (χ4n) is 1.27. The molecule has 0 unspecified atom stereocenters. The van der Waals surface area contributed by atoms with Gasteiger partial charge < -0.3 is 0 Å². The first-order valence-electron chi connectivity index (χ1n) is 4.54. The molecule has 0 saturated carbocycles. The summed E-state index contributed by atoms with van der Waals surface area (Å²) in [5, 5.41) is 8.45. The van der Waals surface area contributed by atoms with Gasteiger partial charge in [0.25, 0.3) is 0 Å². The van der Waals surface area contributed by atoms with Crippen LogP contribution in [0.1, 0.15) is 0 Å². The first-order valence-corrected chi connectivity index (χ1v) is 5.77. The van der Waals surface area contributed by atoms with Crippen LogP contribution in [0.3, 0.4) is 0 Å². The zero-order valence-corrected chi connectivity index (χ0v) is 9.26. The van der Waals surface area contributed by atoms with Crippen LogP contribution >= 0.6 is 11.8 Å². The van der Waals surface area contributed by atoms with Crippen molar-refractivity contribution >= 4 is 11.8 Å². The molecular weight excluding hydrogens is 230 g/mol. The minimum atomic E-state index is -0.895. The normalized spacial score (nSPS) is 10.4. The predicted octanol–water partition coefficient (Wildman–Crippen LogP) is 3.14. The highest BCUT2D eigenvalue weighted by atomic mass is 32.2. The molecule has 0 atom stereocenters. The highest BCUT2D eigenvalue weighted by Crippen LogP contribution is 2.23. The quantitative estimate of drug-likeness (QED) is 0.752. The molecule has 0 aliphatic heterocycles. The van der Waals surface area contributed by atoms with Crippen LogP contribution < -0.4 is 0 Å². The summed E-state index contributed by atoms with van der Waals surface area (Å²) < 4.78 is 26.4. The number of hydrogen-bond acceptors (Lipinski definition) is 3. The van der Waals surface area contributed by atoms with Gasteiger partial charge >= 0.3 is 0 Å². The molecule has 0 radical (unpaired) electrons. The SMILES string of the molecule is CSc1ccc(-c2cccc(F)c2F)nn1. The molecule has 0 saturated heterocycles. The van der Waals surface area contributed by atoms with E-state index in [1.807, 2.05) is 6.26 Å². The topological polar surface area (TPSA) is 25.8 Å². The minimum absolute atomic E-state index is 0.125. The van der Waals surface area contributed by atoms with Crippen LogP contribution in [0.4, 0.5) is 8.78 Å². The Morgan fingerprint density at radius 2 is 1.88 bits per heavy atom. The van der Waals surface area contributed by atoms with Crippen LogP contribution in [0.2, 0.25) is 0 Å². The molecule has 2 aromatic rings. The van der Waals surface area contributed by atoms with Gasteiger partial charge in [0.1, 0.15) is 5.03 Å². The molecule has 16 heavy (non-hydrogen) atoms. The van der Waals surface area contributed by atoms with Gasteiger partial charge in [-0.1, -0.05) is 6.07 Å². The van der Waals surface area contributed by atoms with E-state index in [0.29, 0.717) is 5.69 Å². The summed E-state index contributed by atoms with van der Waals surface area (Å²) in [6.07, 6.45) is 1.87. The number of benzene rings is 1. The van der Waals surface area contributed by atoms with Crippen LogP contribution in [-0.4, -0.2) is 16.5 Å². The van der Waals surface area contributed by atoms with Crippen molar-refractivity contribution in [1.82, 2.24) is 10.2 Å². The molecule has 0 spiro atoms. The molecule has 0 aliphatic carbocycles. The number of halogens is 2. The van der Waals surface area contributed by atoms with E-state index < -0.39 is 11.6 Å². The van der Waals surface area contributed by atoms with Crippen LogP contribution in [0.5, 0.6) is 0 Å². The lowest BCUT2D eigenvalue weighted by atomic mass is 10.1. The maximum Gasteiger partial charge on any atom is 0.168 e. The molecule has 1 aromatic heterocycles. The molecule has 2 rings (SSSR count). The van der Waals surface area contributed by atoms with E-state index in [4.69, 9.17) is 0 Å². The summed E-state index contributed by atoms with van der Waals surface area (Å²) in [4.78, 5) is 0. The Morgan fingerprint density at radius 1 is 1.06 bits per heavy atom. The first-order chi connectivity index (χ1) is 7.72. The molecule has 5 heteroatoms. The zero-order chi connectivity index (χ0) is 11.5. The molecule has 0 N–H and O–H groups in total. The second kappa shape index (κ2) is 4.57. The van der Waals surface area contributed by atoms with Crippen LogP contribution in [0, 0.1) is 11.6 Å². The van der Waals surface area contributed by atoms with Gasteiger partial charge in [-0.05, 0) is 30.5 Å². The number of hydrogen-bond donors (Lipinski definition) is 0. The summed E-state index contributed by atoms with van der Waals surface area (Å²) in [6, 6.07) is 7.33. The van der Waals surface area contributed by atoms with Crippen molar-refractivity contribution in [2.75, 3.05) is 6.26 Å². The van der Waals surface area contributed by atoms with Gasteiger partial charge in [0, 0.05) is 5.56 Å². The number of aromatic nitrogens is 2. The third-order valence-electron chi connectivity index (χ3n) is 2.08. The lowest BCUT2D eigenvalue weighted by Gasteiger charge is -2.02. The van der Waals surface area contributed by atoms with Gasteiger partial charge in [-0.2, -0.15) is 0 Å². The van der Waals surface area contributed by atoms with E-state index in [1.165, 1.54) is 23.9 Å². The molecule has 1 aromatic carbocycles. The van der Waals surface area contributed by atoms with E-state index in [-0.39, 0.29) is 5.56 Å². The fraction of sp³-hybridized carbons (Fsp3) is 0.0909. The smallest absolute Gasteiger partial charge is 0.168 e. The van der Waals surface area contributed by atoms with E-state index in [0.717, 1.165) is 11.1 Å². The van der Waals surface area contributed by atoms with Gasteiger partial charge in [0.15, 0.2) is 11.6 Å². The van der Waals surface area contributed by atoms with Gasteiger partial charge in [-0.15, -0.1) is 22.0 Å². The molecule has 0 amide bonds. The van der Waals surface area contributed by atoms with Gasteiger partial charge in [0.2, 0.25) is 0 Å². The van der Waals surface area contributed by atoms with Crippen molar-refractivity contribution in [2.24, 2.45) is 0 Å². The summed E-state index contributed by atoms with van der Waals surface area (Å²) in [7, 11) is 0. The molecule has 0 fully saturated rings. The summed E-state index contributed by atoms with van der Waals surface area (Å²) in [6.45, 7) is 0. The maximum atomic E-state index is 13.4.